The fraction of sp³-hybridized carbons (Fsp3) is 0.588. The van der Waals surface area contributed by atoms with Gasteiger partial charge in [0.2, 0.25) is 5.91 Å². The molecular weight excluding hydrogens is 300 g/mol. The van der Waals surface area contributed by atoms with Crippen molar-refractivity contribution in [1.82, 2.24) is 9.80 Å². The fourth-order valence-corrected chi connectivity index (χ4v) is 3.51. The summed E-state index contributed by atoms with van der Waals surface area (Å²) < 4.78 is 0. The molecule has 0 spiro atoms. The van der Waals surface area contributed by atoms with E-state index < -0.39 is 5.60 Å². The Morgan fingerprint density at radius 1 is 1.09 bits per heavy atom. The quantitative estimate of drug-likeness (QED) is 0.928. The number of carbonyl (C=O) groups excluding carboxylic acids is 1. The predicted molar refractivity (Wildman–Crippen MR) is 86.8 cm³/mol. The van der Waals surface area contributed by atoms with Crippen molar-refractivity contribution in [2.45, 2.75) is 31.3 Å². The molecule has 3 rings (SSSR count). The normalized spacial score (nSPS) is 22.0. The summed E-state index contributed by atoms with van der Waals surface area (Å²) in [5.41, 5.74) is 0.125. The maximum atomic E-state index is 12.2. The van der Waals surface area contributed by atoms with Gasteiger partial charge < -0.3 is 10.0 Å². The first kappa shape index (κ1) is 15.8. The summed E-state index contributed by atoms with van der Waals surface area (Å²) in [4.78, 5) is 16.3. The molecule has 0 aliphatic carbocycles. The predicted octanol–water partition coefficient (Wildman–Crippen LogP) is 2.25. The summed E-state index contributed by atoms with van der Waals surface area (Å²) in [6, 6.07) is 7.43. The molecule has 1 aromatic rings. The van der Waals surface area contributed by atoms with Gasteiger partial charge in [0.05, 0.1) is 12.1 Å². The molecule has 2 aliphatic rings. The molecule has 1 amide bonds. The average molecular weight is 323 g/mol. The van der Waals surface area contributed by atoms with E-state index in [-0.39, 0.29) is 5.91 Å². The van der Waals surface area contributed by atoms with E-state index in [9.17, 15) is 9.90 Å². The zero-order valence-electron chi connectivity index (χ0n) is 12.8. The Labute approximate surface area is 136 Å². The van der Waals surface area contributed by atoms with Gasteiger partial charge in [0.25, 0.3) is 0 Å². The molecule has 0 aromatic heterocycles. The van der Waals surface area contributed by atoms with Gasteiger partial charge in [-0.15, -0.1) is 0 Å². The summed E-state index contributed by atoms with van der Waals surface area (Å²) in [6.45, 7) is 3.79. The number of hydrogen-bond acceptors (Lipinski definition) is 3. The van der Waals surface area contributed by atoms with Gasteiger partial charge in [-0.3, -0.25) is 9.69 Å². The second-order valence-electron chi connectivity index (χ2n) is 6.40. The van der Waals surface area contributed by atoms with E-state index in [2.05, 4.69) is 4.90 Å². The van der Waals surface area contributed by atoms with Gasteiger partial charge in [0.1, 0.15) is 0 Å². The van der Waals surface area contributed by atoms with Crippen LogP contribution in [0.5, 0.6) is 0 Å². The van der Waals surface area contributed by atoms with Crippen LogP contribution in [0.1, 0.15) is 31.2 Å². The third kappa shape index (κ3) is 3.45. The third-order valence-electron chi connectivity index (χ3n) is 4.88. The van der Waals surface area contributed by atoms with Gasteiger partial charge in [0, 0.05) is 31.2 Å². The highest BCUT2D eigenvalue weighted by Crippen LogP contribution is 2.33. The average Bonchev–Trinajstić information content (AvgIpc) is 3.05. The van der Waals surface area contributed by atoms with E-state index in [1.54, 1.807) is 0 Å². The number of hydrogen-bond donors (Lipinski definition) is 1. The van der Waals surface area contributed by atoms with Crippen LogP contribution in [0.4, 0.5) is 0 Å². The number of rotatable bonds is 3. The van der Waals surface area contributed by atoms with Gasteiger partial charge in [0.15, 0.2) is 0 Å². The van der Waals surface area contributed by atoms with E-state index in [4.69, 9.17) is 11.6 Å². The van der Waals surface area contributed by atoms with E-state index >= 15 is 0 Å². The molecule has 0 atom stereocenters. The first-order chi connectivity index (χ1) is 10.6. The molecule has 4 nitrogen and oxygen atoms in total. The minimum Gasteiger partial charge on any atom is -0.385 e. The lowest BCUT2D eigenvalue weighted by Crippen LogP contribution is -2.46. The van der Waals surface area contributed by atoms with Crippen LogP contribution in [-0.2, 0) is 10.4 Å². The fourth-order valence-electron chi connectivity index (χ4n) is 3.39. The number of nitrogens with zero attached hydrogens (tertiary/aromatic N) is 2. The molecule has 22 heavy (non-hydrogen) atoms. The number of piperidine rings is 1. The maximum Gasteiger partial charge on any atom is 0.236 e. The van der Waals surface area contributed by atoms with Crippen molar-refractivity contribution in [1.29, 1.82) is 0 Å². The van der Waals surface area contributed by atoms with Crippen molar-refractivity contribution in [3.05, 3.63) is 34.9 Å². The number of amides is 1. The highest BCUT2D eigenvalue weighted by molar-refractivity contribution is 6.30. The van der Waals surface area contributed by atoms with Gasteiger partial charge in [-0.05, 0) is 43.4 Å². The Morgan fingerprint density at radius 2 is 1.68 bits per heavy atom. The Bertz CT molecular complexity index is 518. The second kappa shape index (κ2) is 6.57. The first-order valence-corrected chi connectivity index (χ1v) is 8.43. The van der Waals surface area contributed by atoms with Crippen molar-refractivity contribution >= 4 is 17.5 Å². The van der Waals surface area contributed by atoms with Crippen LogP contribution < -0.4 is 0 Å². The first-order valence-electron chi connectivity index (χ1n) is 8.05. The molecule has 2 fully saturated rings. The van der Waals surface area contributed by atoms with Crippen LogP contribution in [0.2, 0.25) is 5.02 Å². The van der Waals surface area contributed by atoms with Crippen molar-refractivity contribution in [2.24, 2.45) is 0 Å². The molecule has 0 radical (unpaired) electrons. The van der Waals surface area contributed by atoms with Crippen molar-refractivity contribution in [3.63, 3.8) is 0 Å². The Kier molecular flexibility index (Phi) is 4.71. The van der Waals surface area contributed by atoms with Crippen LogP contribution in [0.3, 0.4) is 0 Å². The van der Waals surface area contributed by atoms with Gasteiger partial charge in [-0.2, -0.15) is 0 Å². The molecule has 2 saturated heterocycles. The highest BCUT2D eigenvalue weighted by Gasteiger charge is 2.34. The van der Waals surface area contributed by atoms with Crippen LogP contribution >= 0.6 is 11.6 Å². The monoisotopic (exact) mass is 322 g/mol. The third-order valence-corrected chi connectivity index (χ3v) is 5.13. The topological polar surface area (TPSA) is 43.8 Å². The van der Waals surface area contributed by atoms with Crippen molar-refractivity contribution < 1.29 is 9.90 Å². The smallest absolute Gasteiger partial charge is 0.236 e. The molecule has 0 bridgehead atoms. The zero-order valence-corrected chi connectivity index (χ0v) is 13.6. The van der Waals surface area contributed by atoms with Crippen LogP contribution in [-0.4, -0.2) is 53.5 Å². The standard InChI is InChI=1S/C17H23ClN2O2/c18-15-5-3-14(4-6-15)17(22)7-11-19(12-8-17)13-16(21)20-9-1-2-10-20/h3-6,22H,1-2,7-13H2. The lowest BCUT2D eigenvalue weighted by Gasteiger charge is -2.38. The minimum atomic E-state index is -0.794. The van der Waals surface area contributed by atoms with E-state index in [0.717, 1.165) is 44.6 Å². The summed E-state index contributed by atoms with van der Waals surface area (Å²) >= 11 is 5.91. The van der Waals surface area contributed by atoms with E-state index in [1.807, 2.05) is 29.2 Å². The Balaban J connectivity index is 1.55. The molecule has 0 saturated carbocycles. The van der Waals surface area contributed by atoms with Crippen LogP contribution in [0, 0.1) is 0 Å². The molecule has 120 valence electrons. The highest BCUT2D eigenvalue weighted by atomic mass is 35.5. The summed E-state index contributed by atoms with van der Waals surface area (Å²) in [6.07, 6.45) is 3.56. The summed E-state index contributed by atoms with van der Waals surface area (Å²) in [5.74, 6) is 0.231. The van der Waals surface area contributed by atoms with Crippen LogP contribution in [0.25, 0.3) is 0 Å². The minimum absolute atomic E-state index is 0.231. The molecule has 1 N–H and O–H groups in total. The number of benzene rings is 1. The van der Waals surface area contributed by atoms with Crippen LogP contribution in [0.15, 0.2) is 24.3 Å². The maximum absolute atomic E-state index is 12.2. The molecule has 5 heteroatoms. The van der Waals surface area contributed by atoms with Gasteiger partial charge in [-0.1, -0.05) is 23.7 Å². The SMILES string of the molecule is O=C(CN1CCC(O)(c2ccc(Cl)cc2)CC1)N1CCCC1. The second-order valence-corrected chi connectivity index (χ2v) is 6.84. The van der Waals surface area contributed by atoms with E-state index in [1.165, 1.54) is 0 Å². The summed E-state index contributed by atoms with van der Waals surface area (Å²) in [5, 5.41) is 11.5. The summed E-state index contributed by atoms with van der Waals surface area (Å²) in [7, 11) is 0. The Hall–Kier alpha value is -1.10. The van der Waals surface area contributed by atoms with Crippen molar-refractivity contribution in [3.8, 4) is 0 Å². The number of carbonyl (C=O) groups is 1. The number of likely N-dealkylation sites (tertiary alicyclic amines) is 2. The molecule has 0 unspecified atom stereocenters. The lowest BCUT2D eigenvalue weighted by atomic mass is 9.84. The lowest BCUT2D eigenvalue weighted by molar-refractivity contribution is -0.132. The number of halogens is 1. The number of aliphatic hydroxyl groups is 1. The van der Waals surface area contributed by atoms with E-state index in [0.29, 0.717) is 24.4 Å². The molecule has 1 aromatic carbocycles. The van der Waals surface area contributed by atoms with Gasteiger partial charge in [-0.25, -0.2) is 0 Å². The van der Waals surface area contributed by atoms with Crippen molar-refractivity contribution in [2.75, 3.05) is 32.7 Å². The largest absolute Gasteiger partial charge is 0.385 e. The zero-order chi connectivity index (χ0) is 15.6. The Morgan fingerprint density at radius 3 is 2.27 bits per heavy atom. The molecule has 2 aliphatic heterocycles. The molecular formula is C17H23ClN2O2. The van der Waals surface area contributed by atoms with Gasteiger partial charge >= 0.3 is 0 Å². The molecule has 2 heterocycles.